The number of fused-ring (bicyclic) bond motifs is 1. The van der Waals surface area contributed by atoms with Crippen molar-refractivity contribution in [3.63, 3.8) is 0 Å². The molecule has 0 saturated carbocycles. The highest BCUT2D eigenvalue weighted by atomic mass is 32.1. The van der Waals surface area contributed by atoms with Crippen molar-refractivity contribution in [2.75, 3.05) is 19.7 Å². The van der Waals surface area contributed by atoms with Crippen LogP contribution in [0.1, 0.15) is 29.5 Å². The third-order valence-corrected chi connectivity index (χ3v) is 6.20. The standard InChI is InChI=1S/C25H29N3O2S/c1-18-7-5-10-20-15-21(24(29)27-23(18)20)16-28(17-22-11-6-14-30-22)25(31)26-13-12-19-8-3-2-4-9-19/h2-5,7-10,15,22H,6,11-14,16-17H2,1H3,(H,26,31)(H,27,29)/t22-/m1/s1. The lowest BCUT2D eigenvalue weighted by Crippen LogP contribution is -2.44. The molecule has 162 valence electrons. The molecule has 1 atom stereocenters. The Morgan fingerprint density at radius 3 is 2.84 bits per heavy atom. The van der Waals surface area contributed by atoms with Crippen LogP contribution in [-0.4, -0.2) is 40.8 Å². The summed E-state index contributed by atoms with van der Waals surface area (Å²) in [6, 6.07) is 18.4. The van der Waals surface area contributed by atoms with Gasteiger partial charge in [0.2, 0.25) is 0 Å². The zero-order valence-electron chi connectivity index (χ0n) is 17.9. The van der Waals surface area contributed by atoms with E-state index in [9.17, 15) is 4.79 Å². The number of aromatic amines is 1. The van der Waals surface area contributed by atoms with Crippen LogP contribution in [0.15, 0.2) is 59.4 Å². The van der Waals surface area contributed by atoms with E-state index in [0.717, 1.165) is 48.9 Å². The SMILES string of the molecule is Cc1cccc2cc(CN(C[C@H]3CCCO3)C(=S)NCCc3ccccc3)c(=O)[nH]c12. The minimum Gasteiger partial charge on any atom is -0.376 e. The Labute approximate surface area is 188 Å². The van der Waals surface area contributed by atoms with Gasteiger partial charge in [-0.2, -0.15) is 0 Å². The first-order chi connectivity index (χ1) is 15.1. The van der Waals surface area contributed by atoms with E-state index in [0.29, 0.717) is 23.8 Å². The summed E-state index contributed by atoms with van der Waals surface area (Å²) in [5, 5.41) is 5.08. The molecule has 1 aliphatic heterocycles. The van der Waals surface area contributed by atoms with E-state index >= 15 is 0 Å². The van der Waals surface area contributed by atoms with Crippen molar-refractivity contribution in [3.05, 3.63) is 81.6 Å². The van der Waals surface area contributed by atoms with Gasteiger partial charge in [0.15, 0.2) is 5.11 Å². The van der Waals surface area contributed by atoms with Crippen molar-refractivity contribution in [2.45, 2.75) is 38.8 Å². The molecule has 0 amide bonds. The number of hydrogen-bond donors (Lipinski definition) is 2. The first-order valence-electron chi connectivity index (χ1n) is 10.9. The van der Waals surface area contributed by atoms with Gasteiger partial charge >= 0.3 is 0 Å². The lowest BCUT2D eigenvalue weighted by molar-refractivity contribution is 0.0897. The van der Waals surface area contributed by atoms with Gasteiger partial charge in [-0.25, -0.2) is 0 Å². The normalized spacial score (nSPS) is 15.8. The number of benzene rings is 2. The minimum absolute atomic E-state index is 0.0637. The van der Waals surface area contributed by atoms with Crippen LogP contribution in [0.2, 0.25) is 0 Å². The molecule has 2 aromatic carbocycles. The predicted molar refractivity (Wildman–Crippen MR) is 129 cm³/mol. The maximum atomic E-state index is 12.8. The summed E-state index contributed by atoms with van der Waals surface area (Å²) in [6.07, 6.45) is 3.14. The summed E-state index contributed by atoms with van der Waals surface area (Å²) in [6.45, 7) is 4.69. The maximum absolute atomic E-state index is 12.8. The molecule has 31 heavy (non-hydrogen) atoms. The summed E-state index contributed by atoms with van der Waals surface area (Å²) in [5.74, 6) is 0. The van der Waals surface area contributed by atoms with E-state index in [-0.39, 0.29) is 11.7 Å². The Hall–Kier alpha value is -2.70. The summed E-state index contributed by atoms with van der Waals surface area (Å²) >= 11 is 5.73. The van der Waals surface area contributed by atoms with Crippen LogP contribution in [0.3, 0.4) is 0 Å². The number of hydrogen-bond acceptors (Lipinski definition) is 3. The Bertz CT molecular complexity index is 1090. The molecule has 1 saturated heterocycles. The fourth-order valence-electron chi connectivity index (χ4n) is 4.08. The topological polar surface area (TPSA) is 57.4 Å². The van der Waals surface area contributed by atoms with Crippen LogP contribution in [-0.2, 0) is 17.7 Å². The van der Waals surface area contributed by atoms with Gasteiger partial charge < -0.3 is 19.9 Å². The number of nitrogens with one attached hydrogen (secondary N) is 2. The Morgan fingerprint density at radius 1 is 1.23 bits per heavy atom. The number of aromatic nitrogens is 1. The number of ether oxygens (including phenoxy) is 1. The zero-order chi connectivity index (χ0) is 21.6. The largest absolute Gasteiger partial charge is 0.376 e. The average molecular weight is 436 g/mol. The fourth-order valence-corrected chi connectivity index (χ4v) is 4.32. The van der Waals surface area contributed by atoms with Crippen molar-refractivity contribution in [1.82, 2.24) is 15.2 Å². The van der Waals surface area contributed by atoms with Crippen LogP contribution in [0.25, 0.3) is 10.9 Å². The highest BCUT2D eigenvalue weighted by Crippen LogP contribution is 2.18. The molecule has 4 rings (SSSR count). The second-order valence-corrected chi connectivity index (χ2v) is 8.53. The van der Waals surface area contributed by atoms with Gasteiger partial charge in [0, 0.05) is 25.3 Å². The molecule has 2 N–H and O–H groups in total. The number of aryl methyl sites for hydroxylation is 1. The Balaban J connectivity index is 1.49. The van der Waals surface area contributed by atoms with Gasteiger partial charge in [-0.05, 0) is 61.0 Å². The highest BCUT2D eigenvalue weighted by molar-refractivity contribution is 7.80. The molecule has 1 aromatic heterocycles. The van der Waals surface area contributed by atoms with Gasteiger partial charge in [0.1, 0.15) is 0 Å². The summed E-state index contributed by atoms with van der Waals surface area (Å²) < 4.78 is 5.85. The number of para-hydroxylation sites is 1. The first-order valence-corrected chi connectivity index (χ1v) is 11.3. The molecule has 5 nitrogen and oxygen atoms in total. The lowest BCUT2D eigenvalue weighted by Gasteiger charge is -2.28. The van der Waals surface area contributed by atoms with Crippen molar-refractivity contribution < 1.29 is 4.74 Å². The van der Waals surface area contributed by atoms with E-state index in [1.807, 2.05) is 49.4 Å². The molecule has 0 radical (unpaired) electrons. The van der Waals surface area contributed by atoms with Crippen LogP contribution in [0.4, 0.5) is 0 Å². The average Bonchev–Trinajstić information content (AvgIpc) is 3.28. The second kappa shape index (κ2) is 10.1. The lowest BCUT2D eigenvalue weighted by atomic mass is 10.1. The van der Waals surface area contributed by atoms with E-state index in [2.05, 4.69) is 27.3 Å². The number of nitrogens with zero attached hydrogens (tertiary/aromatic N) is 1. The molecule has 3 aromatic rings. The molecule has 0 unspecified atom stereocenters. The van der Waals surface area contributed by atoms with Crippen LogP contribution < -0.4 is 10.9 Å². The maximum Gasteiger partial charge on any atom is 0.253 e. The minimum atomic E-state index is -0.0637. The van der Waals surface area contributed by atoms with E-state index < -0.39 is 0 Å². The van der Waals surface area contributed by atoms with Gasteiger partial charge in [0.05, 0.1) is 18.2 Å². The third kappa shape index (κ3) is 5.51. The van der Waals surface area contributed by atoms with Crippen molar-refractivity contribution in [2.24, 2.45) is 0 Å². The van der Waals surface area contributed by atoms with Gasteiger partial charge in [-0.3, -0.25) is 4.79 Å². The number of pyridine rings is 1. The number of rotatable bonds is 7. The van der Waals surface area contributed by atoms with Gasteiger partial charge in [0.25, 0.3) is 5.56 Å². The van der Waals surface area contributed by atoms with Crippen molar-refractivity contribution in [1.29, 1.82) is 0 Å². The smallest absolute Gasteiger partial charge is 0.253 e. The number of H-pyrrole nitrogens is 1. The van der Waals surface area contributed by atoms with Gasteiger partial charge in [-0.1, -0.05) is 48.5 Å². The first kappa shape index (κ1) is 21.5. The molecule has 0 bridgehead atoms. The van der Waals surface area contributed by atoms with Crippen molar-refractivity contribution in [3.8, 4) is 0 Å². The molecule has 0 spiro atoms. The number of thiocarbonyl (C=S) groups is 1. The van der Waals surface area contributed by atoms with Gasteiger partial charge in [-0.15, -0.1) is 0 Å². The molecule has 2 heterocycles. The van der Waals surface area contributed by atoms with Crippen LogP contribution >= 0.6 is 12.2 Å². The summed E-state index contributed by atoms with van der Waals surface area (Å²) in [4.78, 5) is 17.9. The fraction of sp³-hybridized carbons (Fsp3) is 0.360. The summed E-state index contributed by atoms with van der Waals surface area (Å²) in [5.41, 5.74) is 3.88. The third-order valence-electron chi connectivity index (χ3n) is 5.79. The van der Waals surface area contributed by atoms with Crippen LogP contribution in [0.5, 0.6) is 0 Å². The highest BCUT2D eigenvalue weighted by Gasteiger charge is 2.22. The van der Waals surface area contributed by atoms with Crippen molar-refractivity contribution >= 4 is 28.2 Å². The van der Waals surface area contributed by atoms with E-state index in [1.165, 1.54) is 5.56 Å². The second-order valence-electron chi connectivity index (χ2n) is 8.15. The van der Waals surface area contributed by atoms with Crippen LogP contribution in [0, 0.1) is 6.92 Å². The molecular formula is C25H29N3O2S. The zero-order valence-corrected chi connectivity index (χ0v) is 18.7. The molecule has 1 fully saturated rings. The molecule has 6 heteroatoms. The summed E-state index contributed by atoms with van der Waals surface area (Å²) in [7, 11) is 0. The van der Waals surface area contributed by atoms with E-state index in [1.54, 1.807) is 0 Å². The predicted octanol–water partition coefficient (Wildman–Crippen LogP) is 3.93. The molecule has 1 aliphatic rings. The molecular weight excluding hydrogens is 406 g/mol. The monoisotopic (exact) mass is 435 g/mol. The Kier molecular flexibility index (Phi) is 6.99. The molecule has 0 aliphatic carbocycles. The Morgan fingerprint density at radius 2 is 2.06 bits per heavy atom. The van der Waals surface area contributed by atoms with E-state index in [4.69, 9.17) is 17.0 Å². The quantitative estimate of drug-likeness (QED) is 0.551.